The van der Waals surface area contributed by atoms with Gasteiger partial charge in [-0.15, -0.1) is 0 Å². The quantitative estimate of drug-likeness (QED) is 0.323. The number of carbonyl (C=O) groups excluding carboxylic acids is 3. The third-order valence-electron chi connectivity index (χ3n) is 7.57. The van der Waals surface area contributed by atoms with Crippen LogP contribution in [0.2, 0.25) is 0 Å². The summed E-state index contributed by atoms with van der Waals surface area (Å²) in [6.45, 7) is 3.18. The highest BCUT2D eigenvalue weighted by molar-refractivity contribution is 6.16. The van der Waals surface area contributed by atoms with Crippen molar-refractivity contribution in [1.82, 2.24) is 9.88 Å². The number of aliphatic hydroxyl groups excluding tert-OH is 3. The molecule has 39 heavy (non-hydrogen) atoms. The number of likely N-dealkylation sites (tertiary alicyclic amines) is 1. The molecular weight excluding hydrogens is 504 g/mol. The Morgan fingerprint density at radius 1 is 1.21 bits per heavy atom. The normalized spacial score (nSPS) is 22.5. The Bertz CT molecular complexity index is 1280. The average Bonchev–Trinajstić information content (AvgIpc) is 3.51. The zero-order valence-corrected chi connectivity index (χ0v) is 22.2. The summed E-state index contributed by atoms with van der Waals surface area (Å²) in [4.78, 5) is 43.4. The van der Waals surface area contributed by atoms with Crippen molar-refractivity contribution in [3.8, 4) is 0 Å². The van der Waals surface area contributed by atoms with Crippen molar-refractivity contribution < 1.29 is 38.9 Å². The number of furan rings is 1. The second kappa shape index (κ2) is 12.1. The van der Waals surface area contributed by atoms with E-state index in [9.17, 15) is 29.7 Å². The monoisotopic (exact) mass is 538 g/mol. The molecule has 10 heteroatoms. The second-order valence-electron chi connectivity index (χ2n) is 10.1. The summed E-state index contributed by atoms with van der Waals surface area (Å²) in [5.41, 5.74) is 2.83. The van der Waals surface area contributed by atoms with E-state index in [1.165, 1.54) is 0 Å². The Balaban J connectivity index is 1.65. The molecule has 2 aromatic heterocycles. The predicted octanol–water partition coefficient (Wildman–Crippen LogP) is 3.18. The molecule has 2 aromatic rings. The lowest BCUT2D eigenvalue weighted by Crippen LogP contribution is -2.40. The first-order chi connectivity index (χ1) is 18.7. The number of pyridine rings is 1. The van der Waals surface area contributed by atoms with Crippen molar-refractivity contribution in [1.29, 1.82) is 0 Å². The lowest BCUT2D eigenvalue weighted by Gasteiger charge is -2.38. The van der Waals surface area contributed by atoms with Crippen LogP contribution in [-0.2, 0) is 20.9 Å². The van der Waals surface area contributed by atoms with Gasteiger partial charge in [0.25, 0.3) is 0 Å². The lowest BCUT2D eigenvalue weighted by atomic mass is 9.66. The first-order valence-electron chi connectivity index (χ1n) is 13.0. The standard InChI is InChI=1S/C29H34N2O8/c1-16(2)20-13-21-26(28(36)31(27(21)35)29(37)38-3)22(15-33)25(20)24(34)10-7-17(23-6-4-5-11-30-23)12-18-8-9-19(14-32)39-18/h4-6,8-9,11-12,16,21-22,24,26,32-34H,7,10,13-15H2,1-3H3/b17-12-/t21-,22+,24-,26-/m1/s1. The van der Waals surface area contributed by atoms with Crippen LogP contribution in [0.15, 0.2) is 52.1 Å². The number of methoxy groups -OCH3 is 1. The molecule has 0 unspecified atom stereocenters. The summed E-state index contributed by atoms with van der Waals surface area (Å²) in [6, 6.07) is 8.92. The first kappa shape index (κ1) is 28.4. The molecule has 4 rings (SSSR count). The van der Waals surface area contributed by atoms with E-state index < -0.39 is 48.4 Å². The molecule has 2 aliphatic rings. The molecule has 1 saturated heterocycles. The Kier molecular flexibility index (Phi) is 8.79. The number of amides is 3. The number of fused-ring (bicyclic) bond motifs is 1. The maximum Gasteiger partial charge on any atom is 0.423 e. The summed E-state index contributed by atoms with van der Waals surface area (Å²) in [5, 5.41) is 31.3. The number of nitrogens with zero attached hydrogens (tertiary/aromatic N) is 2. The summed E-state index contributed by atoms with van der Waals surface area (Å²) >= 11 is 0. The van der Waals surface area contributed by atoms with Gasteiger partial charge in [-0.05, 0) is 66.7 Å². The Labute approximate surface area is 226 Å². The van der Waals surface area contributed by atoms with Crippen molar-refractivity contribution in [2.45, 2.75) is 45.8 Å². The molecule has 208 valence electrons. The van der Waals surface area contributed by atoms with E-state index in [0.717, 1.165) is 18.3 Å². The molecule has 3 N–H and O–H groups in total. The highest BCUT2D eigenvalue weighted by atomic mass is 16.5. The van der Waals surface area contributed by atoms with Crippen LogP contribution in [0.3, 0.4) is 0 Å². The SMILES string of the molecule is COC(=O)N1C(=O)[C@@H]2[C@@H](CC(C(C)C)=C([C@H](O)CC/C(=C/c3ccc(CO)o3)c3ccccn3)[C@@H]2CO)C1=O. The van der Waals surface area contributed by atoms with Gasteiger partial charge in [-0.25, -0.2) is 4.79 Å². The molecule has 3 heterocycles. The summed E-state index contributed by atoms with van der Waals surface area (Å²) in [5.74, 6) is -3.04. The van der Waals surface area contributed by atoms with Gasteiger partial charge >= 0.3 is 6.09 Å². The van der Waals surface area contributed by atoms with E-state index in [1.54, 1.807) is 30.5 Å². The number of imide groups is 3. The molecule has 0 spiro atoms. The summed E-state index contributed by atoms with van der Waals surface area (Å²) < 4.78 is 10.3. The van der Waals surface area contributed by atoms with E-state index in [2.05, 4.69) is 9.72 Å². The van der Waals surface area contributed by atoms with E-state index in [-0.39, 0.29) is 25.4 Å². The molecule has 0 aromatic carbocycles. The van der Waals surface area contributed by atoms with Gasteiger partial charge in [-0.3, -0.25) is 14.6 Å². The summed E-state index contributed by atoms with van der Waals surface area (Å²) in [7, 11) is 1.10. The van der Waals surface area contributed by atoms with Crippen LogP contribution < -0.4 is 0 Å². The third kappa shape index (κ3) is 5.59. The van der Waals surface area contributed by atoms with Crippen molar-refractivity contribution in [2.75, 3.05) is 13.7 Å². The smallest absolute Gasteiger partial charge is 0.423 e. The van der Waals surface area contributed by atoms with Gasteiger partial charge in [0.15, 0.2) is 0 Å². The number of allylic oxidation sites excluding steroid dienone is 2. The van der Waals surface area contributed by atoms with Crippen molar-refractivity contribution >= 4 is 29.6 Å². The fourth-order valence-corrected chi connectivity index (χ4v) is 5.72. The van der Waals surface area contributed by atoms with E-state index in [0.29, 0.717) is 34.1 Å². The van der Waals surface area contributed by atoms with Gasteiger partial charge in [0.05, 0.1) is 37.4 Å². The Morgan fingerprint density at radius 2 is 1.97 bits per heavy atom. The molecule has 10 nitrogen and oxygen atoms in total. The van der Waals surface area contributed by atoms with Crippen molar-refractivity contribution in [3.63, 3.8) is 0 Å². The fourth-order valence-electron chi connectivity index (χ4n) is 5.72. The van der Waals surface area contributed by atoms with E-state index in [1.807, 2.05) is 26.0 Å². The fraction of sp³-hybridized carbons (Fsp3) is 0.448. The number of rotatable bonds is 9. The second-order valence-corrected chi connectivity index (χ2v) is 10.1. The minimum atomic E-state index is -1.04. The number of aromatic nitrogens is 1. The number of hydrogen-bond acceptors (Lipinski definition) is 9. The van der Waals surface area contributed by atoms with Crippen molar-refractivity contribution in [3.05, 3.63) is 64.9 Å². The zero-order chi connectivity index (χ0) is 28.3. The number of hydrogen-bond donors (Lipinski definition) is 3. The molecule has 4 atom stereocenters. The van der Waals surface area contributed by atoms with Gasteiger partial charge in [-0.1, -0.05) is 25.5 Å². The van der Waals surface area contributed by atoms with Gasteiger partial charge in [0.2, 0.25) is 11.8 Å². The Hall–Kier alpha value is -3.60. The molecule has 0 radical (unpaired) electrons. The highest BCUT2D eigenvalue weighted by Gasteiger charge is 2.57. The topological polar surface area (TPSA) is 150 Å². The molecular formula is C29H34N2O8. The minimum Gasteiger partial charge on any atom is -0.459 e. The average molecular weight is 539 g/mol. The van der Waals surface area contributed by atoms with Gasteiger partial charge in [0.1, 0.15) is 18.1 Å². The van der Waals surface area contributed by atoms with Crippen LogP contribution in [0, 0.1) is 23.7 Å². The number of ether oxygens (including phenoxy) is 1. The van der Waals surface area contributed by atoms with Crippen molar-refractivity contribution in [2.24, 2.45) is 23.7 Å². The Morgan fingerprint density at radius 3 is 2.56 bits per heavy atom. The zero-order valence-electron chi connectivity index (χ0n) is 22.2. The maximum absolute atomic E-state index is 13.2. The van der Waals surface area contributed by atoms with Crippen LogP contribution >= 0.6 is 0 Å². The lowest BCUT2D eigenvalue weighted by molar-refractivity contribution is -0.137. The van der Waals surface area contributed by atoms with Crippen LogP contribution in [-0.4, -0.2) is 62.9 Å². The highest BCUT2D eigenvalue weighted by Crippen LogP contribution is 2.48. The molecule has 3 amide bonds. The predicted molar refractivity (Wildman–Crippen MR) is 140 cm³/mol. The number of carbonyl (C=O) groups is 3. The number of aliphatic hydroxyl groups is 3. The van der Waals surface area contributed by atoms with Crippen LogP contribution in [0.25, 0.3) is 11.6 Å². The van der Waals surface area contributed by atoms with Crippen LogP contribution in [0.4, 0.5) is 4.79 Å². The molecule has 0 saturated carbocycles. The largest absolute Gasteiger partial charge is 0.459 e. The molecule has 1 fully saturated rings. The maximum atomic E-state index is 13.2. The third-order valence-corrected chi connectivity index (χ3v) is 7.57. The van der Waals surface area contributed by atoms with E-state index >= 15 is 0 Å². The molecule has 1 aliphatic heterocycles. The molecule has 0 bridgehead atoms. The van der Waals surface area contributed by atoms with Crippen LogP contribution in [0.1, 0.15) is 50.3 Å². The van der Waals surface area contributed by atoms with Gasteiger partial charge in [-0.2, -0.15) is 4.90 Å². The molecule has 1 aliphatic carbocycles. The first-order valence-corrected chi connectivity index (χ1v) is 13.0. The van der Waals surface area contributed by atoms with E-state index in [4.69, 9.17) is 4.42 Å². The minimum absolute atomic E-state index is 0.0643. The van der Waals surface area contributed by atoms with Gasteiger partial charge < -0.3 is 24.5 Å². The summed E-state index contributed by atoms with van der Waals surface area (Å²) in [6.07, 6.45) is 2.25. The van der Waals surface area contributed by atoms with Crippen LogP contribution in [0.5, 0.6) is 0 Å². The van der Waals surface area contributed by atoms with Gasteiger partial charge in [0, 0.05) is 12.1 Å².